The molecule has 2 atom stereocenters. The molecule has 0 aliphatic heterocycles. The number of carbonyl (C=O) groups is 3. The Balaban J connectivity index is -0.000000296. The van der Waals surface area contributed by atoms with E-state index in [1.54, 1.807) is 6.92 Å². The van der Waals surface area contributed by atoms with Crippen molar-refractivity contribution in [1.82, 2.24) is 35.2 Å². The molecule has 0 amide bonds. The molecule has 6 rings (SSSR count). The van der Waals surface area contributed by atoms with Crippen molar-refractivity contribution in [2.75, 3.05) is 30.4 Å². The van der Waals surface area contributed by atoms with Crippen molar-refractivity contribution in [3.63, 3.8) is 0 Å². The largest absolute Gasteiger partial charge is 0.481 e. The number of Topliss-reactive ketones (excluding diaryl/α,β-unsaturated/α-hetero) is 2. The molecule has 0 fully saturated rings. The summed E-state index contributed by atoms with van der Waals surface area (Å²) in [6.07, 6.45) is -13.9. The summed E-state index contributed by atoms with van der Waals surface area (Å²) in [7, 11) is 0. The van der Waals surface area contributed by atoms with Crippen LogP contribution in [0.5, 0.6) is 0 Å². The molecule has 0 aliphatic carbocycles. The van der Waals surface area contributed by atoms with Crippen LogP contribution >= 0.6 is 47.8 Å². The van der Waals surface area contributed by atoms with Crippen LogP contribution in [0, 0.1) is 0 Å². The molecular weight excluding hydrogens is 1870 g/mol. The smallest absolute Gasteiger partial charge is 0.419 e. The number of aliphatic carboxylic acids is 1. The SMILES string of the molecule is C.C.C.C=C(OCC)c1ncccc1C(F)(F)F.C=[C](OCC)[Sn]([CH2]CCC)([CH2]CCC)[CH2]CCC.CC(=O)O.CC(=O)c1ncccc1C(F)(F)F.CC(C)(C)N.CC(C)(C)NC[C@H](O)c1ncccc1C(F)(F)F.FC(F)(F)c1cccnc1Br.O=C(CBr)c1ncccc1C(F)(F)F.O[C@@H](CBr)c1ncccc1C(F)(F)F. The summed E-state index contributed by atoms with van der Waals surface area (Å²) in [5.74, 6) is -2.27. The van der Waals surface area contributed by atoms with Gasteiger partial charge in [-0.1, -0.05) is 60.7 Å². The van der Waals surface area contributed by atoms with Crippen LogP contribution in [-0.2, 0) is 51.3 Å². The van der Waals surface area contributed by atoms with Gasteiger partial charge in [-0.25, -0.2) is 4.98 Å². The van der Waals surface area contributed by atoms with E-state index in [1.165, 1.54) is 105 Å². The molecule has 0 saturated heterocycles. The quantitative estimate of drug-likeness (QED) is 0.00999. The molecule has 6 aromatic heterocycles. The van der Waals surface area contributed by atoms with E-state index in [-0.39, 0.29) is 84.6 Å². The number of halogens is 21. The van der Waals surface area contributed by atoms with Crippen molar-refractivity contribution in [3.8, 4) is 0 Å². The standard InChI is InChI=1S/C12H17F3N2O.C10H10F3NO.C8H7BrF3NO.C8H5BrF3NO.C8H6F3NO.C6H3BrF3N.C4H11N.C4H7O.3C4H9.C2H4O2.3CH4.Sn/c1-11(2,3)17-7-9(18)10-8(12(13,14)15)5-4-6-16-10;1-3-15-7(2)9-8(10(11,12)13)5-4-6-14-9;2*9-4-6(14)7-5(8(10,11)12)2-1-3-13-7;1-5(13)7-6(8(9,10)11)3-2-4-12-7;7-5-4(6(8,9)10)2-1-3-11-5;1-4(2,3)5;1-3-5-4-2;3*1-3-4-2;1-2(3)4;;;;/h4-6,9,17-18H,7H2,1-3H3;4-6H,2-3H2,1H3;1-3,6,14H,4H2;1-3H,4H2;2-4H,1H3;1-3H;5H2,1-3H3;1,4H2,2H3;3*1,3-4H2,2H3;1H3,(H,3,4);3*1H4;/t9-;;6-;;;;;;;;;;;;;/m0.0............./s1. The Morgan fingerprint density at radius 1 is 0.487 bits per heavy atom. The van der Waals surface area contributed by atoms with Crippen molar-refractivity contribution in [3.05, 3.63) is 193 Å². The molecular formula is C77H109Br3F18N8O8Sn. The number of hydrogen-bond acceptors (Lipinski definition) is 15. The third-order valence-corrected chi connectivity index (χ3v) is 30.3. The molecule has 6 N–H and O–H groups in total. The summed E-state index contributed by atoms with van der Waals surface area (Å²) < 4.78 is 239. The number of aliphatic hydroxyl groups is 2. The van der Waals surface area contributed by atoms with Gasteiger partial charge in [0.1, 0.15) is 39.7 Å². The second kappa shape index (κ2) is 57.7. The Hall–Kier alpha value is -6.39. The van der Waals surface area contributed by atoms with Gasteiger partial charge >= 0.3 is 157 Å². The average Bonchev–Trinajstić information content (AvgIpc) is 0.878. The first-order valence-corrected chi connectivity index (χ1v) is 44.5. The van der Waals surface area contributed by atoms with Crippen molar-refractivity contribution in [2.24, 2.45) is 5.73 Å². The number of nitrogens with two attached hydrogens (primary N) is 1. The number of alkyl halides is 20. The van der Waals surface area contributed by atoms with Crippen LogP contribution < -0.4 is 11.1 Å². The maximum absolute atomic E-state index is 12.7. The summed E-state index contributed by atoms with van der Waals surface area (Å²) >= 11 is 6.15. The normalized spacial score (nSPS) is 11.8. The number of nitrogens with one attached hydrogen (secondary N) is 1. The number of carbonyl (C=O) groups excluding carboxylic acids is 2. The van der Waals surface area contributed by atoms with Gasteiger partial charge in [0, 0.05) is 74.0 Å². The van der Waals surface area contributed by atoms with E-state index < -0.39 is 130 Å². The Morgan fingerprint density at radius 2 is 0.774 bits per heavy atom. The van der Waals surface area contributed by atoms with Crippen molar-refractivity contribution >= 4 is 89.5 Å². The van der Waals surface area contributed by atoms with Gasteiger partial charge in [0.05, 0.1) is 56.7 Å². The van der Waals surface area contributed by atoms with E-state index in [1.807, 2.05) is 41.5 Å². The zero-order chi connectivity index (χ0) is 87.5. The Bertz CT molecular complexity index is 3700. The monoisotopic (exact) mass is 1970 g/mol. The van der Waals surface area contributed by atoms with Crippen LogP contribution in [0.4, 0.5) is 79.0 Å². The summed E-state index contributed by atoms with van der Waals surface area (Å²) in [4.78, 5) is 51.8. The van der Waals surface area contributed by atoms with Gasteiger partial charge in [-0.05, 0) is 137 Å². The Kier molecular flexibility index (Phi) is 59.9. The van der Waals surface area contributed by atoms with Crippen LogP contribution in [0.15, 0.2) is 132 Å². The van der Waals surface area contributed by atoms with Crippen LogP contribution in [0.2, 0.25) is 13.3 Å². The number of ketones is 2. The fourth-order valence-corrected chi connectivity index (χ4v) is 24.3. The van der Waals surface area contributed by atoms with Crippen molar-refractivity contribution < 1.29 is 118 Å². The van der Waals surface area contributed by atoms with E-state index in [0.717, 1.165) is 81.4 Å². The molecule has 16 nitrogen and oxygen atoms in total. The van der Waals surface area contributed by atoms with Gasteiger partial charge in [0.25, 0.3) is 5.97 Å². The number of aliphatic hydroxyl groups excluding tert-OH is 2. The topological polar surface area (TPSA) is 246 Å². The predicted octanol–water partition coefficient (Wildman–Crippen LogP) is 24.7. The summed E-state index contributed by atoms with van der Waals surface area (Å²) in [6.45, 7) is 33.1. The predicted molar refractivity (Wildman–Crippen MR) is 427 cm³/mol. The molecule has 0 bridgehead atoms. The maximum Gasteiger partial charge on any atom is 0.419 e. The first-order chi connectivity index (χ1) is 51.3. The molecule has 6 heterocycles. The minimum atomic E-state index is -4.54. The van der Waals surface area contributed by atoms with E-state index in [4.69, 9.17) is 25.1 Å². The summed E-state index contributed by atoms with van der Waals surface area (Å²) in [6, 6.07) is 12.6. The molecule has 6 aromatic rings. The maximum atomic E-state index is 12.7. The molecule has 38 heteroatoms. The van der Waals surface area contributed by atoms with E-state index in [2.05, 4.69) is 124 Å². The average molecular weight is 1980 g/mol. The molecule has 0 aromatic carbocycles. The van der Waals surface area contributed by atoms with E-state index in [9.17, 15) is 98.8 Å². The van der Waals surface area contributed by atoms with Crippen LogP contribution in [0.1, 0.15) is 234 Å². The van der Waals surface area contributed by atoms with Gasteiger partial charge in [0.2, 0.25) is 0 Å². The first-order valence-electron chi connectivity index (χ1n) is 34.0. The number of aromatic nitrogens is 6. The number of rotatable bonds is 23. The fraction of sp³-hybridized carbons (Fsp3) is 0.519. The Labute approximate surface area is 692 Å². The van der Waals surface area contributed by atoms with E-state index in [0.29, 0.717) is 0 Å². The zero-order valence-corrected chi connectivity index (χ0v) is 71.6. The van der Waals surface area contributed by atoms with E-state index >= 15 is 0 Å². The summed E-state index contributed by atoms with van der Waals surface area (Å²) in [5, 5.41) is 29.3. The molecule has 0 aliphatic rings. The van der Waals surface area contributed by atoms with Crippen molar-refractivity contribution in [2.45, 2.75) is 224 Å². The molecule has 0 unspecified atom stereocenters. The fourth-order valence-electron chi connectivity index (χ4n) is 8.61. The van der Waals surface area contributed by atoms with Crippen LogP contribution in [0.25, 0.3) is 5.76 Å². The minimum absolute atomic E-state index is 0. The summed E-state index contributed by atoms with van der Waals surface area (Å²) in [5.41, 5.74) is -2.31. The molecule has 115 heavy (non-hydrogen) atoms. The second-order valence-corrected chi connectivity index (χ2v) is 40.7. The molecule has 656 valence electrons. The van der Waals surface area contributed by atoms with Gasteiger partial charge in [-0.15, -0.1) is 0 Å². The van der Waals surface area contributed by atoms with Gasteiger partial charge in [-0.2, -0.15) is 79.0 Å². The van der Waals surface area contributed by atoms with Crippen LogP contribution in [-0.4, -0.2) is 123 Å². The second-order valence-electron chi connectivity index (χ2n) is 25.5. The third kappa shape index (κ3) is 51.5. The number of carboxylic acid groups (broad SMARTS) is 1. The molecule has 0 radical (unpaired) electrons. The number of unbranched alkanes of at least 4 members (excludes halogenated alkanes) is 3. The molecule has 0 spiro atoms. The first kappa shape index (κ1) is 119. The zero-order valence-electron chi connectivity index (χ0n) is 63.9. The third-order valence-electron chi connectivity index (χ3n) is 13.5. The number of hydrogen-bond donors (Lipinski definition) is 5. The number of carboxylic acids is 1. The van der Waals surface area contributed by atoms with Gasteiger partial charge in [-0.3, -0.25) is 39.3 Å². The molecule has 0 saturated carbocycles. The van der Waals surface area contributed by atoms with Crippen LogP contribution in [0.3, 0.4) is 0 Å². The number of pyridine rings is 6. The Morgan fingerprint density at radius 3 is 1.05 bits per heavy atom. The number of nitrogens with zero attached hydrogens (tertiary/aromatic N) is 6. The van der Waals surface area contributed by atoms with Gasteiger partial charge < -0.3 is 31.1 Å². The number of ether oxygens (including phenoxy) is 2. The van der Waals surface area contributed by atoms with Gasteiger partial charge in [0.15, 0.2) is 11.6 Å². The minimum Gasteiger partial charge on any atom is -0.481 e. The van der Waals surface area contributed by atoms with Crippen molar-refractivity contribution in [1.29, 1.82) is 0 Å². The number of β-amino-alcohol motifs (C(OH)–C–C–N with tert-alkyl or cyclic N) is 1.